The molecule has 7 nitrogen and oxygen atoms in total. The predicted molar refractivity (Wildman–Crippen MR) is 93.6 cm³/mol. The van der Waals surface area contributed by atoms with Crippen LogP contribution in [0.25, 0.3) is 0 Å². The number of halogens is 1. The molecule has 1 aliphatic heterocycles. The van der Waals surface area contributed by atoms with E-state index < -0.39 is 10.0 Å². The Balaban J connectivity index is 0.00000264. The molecule has 1 fully saturated rings. The van der Waals surface area contributed by atoms with Gasteiger partial charge in [-0.3, -0.25) is 4.79 Å². The summed E-state index contributed by atoms with van der Waals surface area (Å²) in [4.78, 5) is 18.7. The number of carbonyl (C=O) groups is 1. The van der Waals surface area contributed by atoms with Gasteiger partial charge in [0.15, 0.2) is 0 Å². The average molecular weight is 383 g/mol. The number of aromatic nitrogens is 1. The minimum absolute atomic E-state index is 0. The molecule has 1 amide bonds. The minimum atomic E-state index is -3.26. The first-order valence-corrected chi connectivity index (χ1v) is 10.1. The van der Waals surface area contributed by atoms with Crippen LogP contribution in [-0.2, 0) is 16.4 Å². The van der Waals surface area contributed by atoms with E-state index in [1.54, 1.807) is 10.3 Å². The lowest BCUT2D eigenvalue weighted by Crippen LogP contribution is -2.49. The maximum Gasteiger partial charge on any atom is 0.273 e. The minimum Gasteiger partial charge on any atom is -0.333 e. The van der Waals surface area contributed by atoms with Crippen LogP contribution in [0.4, 0.5) is 0 Å². The number of carbonyl (C=O) groups excluding carboxylic acids is 1. The van der Waals surface area contributed by atoms with Crippen LogP contribution in [0.3, 0.4) is 0 Å². The van der Waals surface area contributed by atoms with Gasteiger partial charge in [-0.15, -0.1) is 23.7 Å². The quantitative estimate of drug-likeness (QED) is 0.749. The number of rotatable bonds is 6. The topological polar surface area (TPSA) is 105 Å². The zero-order valence-corrected chi connectivity index (χ0v) is 15.5. The Hall–Kier alpha value is -0.740. The molecule has 23 heavy (non-hydrogen) atoms. The molecule has 2 heterocycles. The average Bonchev–Trinajstić information content (AvgIpc) is 2.93. The Bertz CT molecular complexity index is 620. The van der Waals surface area contributed by atoms with E-state index in [2.05, 4.69) is 9.71 Å². The van der Waals surface area contributed by atoms with Crippen molar-refractivity contribution in [2.75, 3.05) is 25.9 Å². The largest absolute Gasteiger partial charge is 0.333 e. The van der Waals surface area contributed by atoms with Crippen molar-refractivity contribution in [2.45, 2.75) is 31.7 Å². The van der Waals surface area contributed by atoms with E-state index in [9.17, 15) is 13.2 Å². The third-order valence-corrected chi connectivity index (χ3v) is 5.20. The lowest BCUT2D eigenvalue weighted by molar-refractivity contribution is 0.0613. The number of nitrogens with one attached hydrogen (secondary N) is 1. The lowest BCUT2D eigenvalue weighted by Gasteiger charge is -2.35. The summed E-state index contributed by atoms with van der Waals surface area (Å²) in [5, 5.41) is 2.61. The van der Waals surface area contributed by atoms with Crippen LogP contribution in [0.2, 0.25) is 0 Å². The lowest BCUT2D eigenvalue weighted by atomic mass is 10.0. The Labute approximate surface area is 147 Å². The van der Waals surface area contributed by atoms with E-state index in [-0.39, 0.29) is 30.9 Å². The highest BCUT2D eigenvalue weighted by molar-refractivity contribution is 7.88. The highest BCUT2D eigenvalue weighted by atomic mass is 35.5. The van der Waals surface area contributed by atoms with Gasteiger partial charge in [-0.2, -0.15) is 0 Å². The van der Waals surface area contributed by atoms with E-state index in [4.69, 9.17) is 5.73 Å². The summed E-state index contributed by atoms with van der Waals surface area (Å²) in [6, 6.07) is -0.115. The number of thiazole rings is 1. The molecule has 1 aromatic heterocycles. The maximum atomic E-state index is 12.6. The van der Waals surface area contributed by atoms with Crippen LogP contribution < -0.4 is 10.5 Å². The first-order valence-electron chi connectivity index (χ1n) is 7.31. The summed E-state index contributed by atoms with van der Waals surface area (Å²) in [6.07, 6.45) is 4.52. The van der Waals surface area contributed by atoms with E-state index in [0.29, 0.717) is 25.2 Å². The first-order chi connectivity index (χ1) is 10.4. The van der Waals surface area contributed by atoms with Gasteiger partial charge in [-0.05, 0) is 25.8 Å². The van der Waals surface area contributed by atoms with Gasteiger partial charge in [-0.1, -0.05) is 0 Å². The van der Waals surface area contributed by atoms with E-state index >= 15 is 0 Å². The molecule has 132 valence electrons. The van der Waals surface area contributed by atoms with Crippen LogP contribution in [0.5, 0.6) is 0 Å². The van der Waals surface area contributed by atoms with Gasteiger partial charge >= 0.3 is 0 Å². The Kier molecular flexibility index (Phi) is 7.88. The number of amides is 1. The highest BCUT2D eigenvalue weighted by Crippen LogP contribution is 2.20. The van der Waals surface area contributed by atoms with Gasteiger partial charge in [0.05, 0.1) is 11.3 Å². The third kappa shape index (κ3) is 6.00. The molecule has 1 atom stereocenters. The number of hydrogen-bond donors (Lipinski definition) is 2. The highest BCUT2D eigenvalue weighted by Gasteiger charge is 2.29. The maximum absolute atomic E-state index is 12.6. The SMILES string of the molecule is CS(=O)(=O)NCC1CCCCN1C(=O)c1csc(CCN)n1.Cl. The molecule has 1 aliphatic rings. The van der Waals surface area contributed by atoms with Crippen molar-refractivity contribution in [1.29, 1.82) is 0 Å². The number of sulfonamides is 1. The summed E-state index contributed by atoms with van der Waals surface area (Å²) in [7, 11) is -3.26. The fraction of sp³-hybridized carbons (Fsp3) is 0.692. The van der Waals surface area contributed by atoms with Crippen molar-refractivity contribution in [1.82, 2.24) is 14.6 Å². The molecule has 0 aliphatic carbocycles. The number of nitrogens with two attached hydrogens (primary N) is 1. The number of nitrogens with zero attached hydrogens (tertiary/aromatic N) is 2. The number of piperidine rings is 1. The van der Waals surface area contributed by atoms with E-state index in [0.717, 1.165) is 30.5 Å². The fourth-order valence-corrected chi connectivity index (χ4v) is 3.81. The van der Waals surface area contributed by atoms with Crippen molar-refractivity contribution < 1.29 is 13.2 Å². The van der Waals surface area contributed by atoms with Gasteiger partial charge in [0, 0.05) is 30.9 Å². The van der Waals surface area contributed by atoms with Crippen LogP contribution in [-0.4, -0.2) is 56.1 Å². The standard InChI is InChI=1S/C13H22N4O3S2.ClH/c1-22(19,20)15-8-10-4-2-3-7-17(10)13(18)11-9-21-12(16-11)5-6-14;/h9-10,15H,2-8,14H2,1H3;1H. The molecule has 0 radical (unpaired) electrons. The van der Waals surface area contributed by atoms with Crippen LogP contribution in [0.1, 0.15) is 34.8 Å². The Morgan fingerprint density at radius 2 is 2.26 bits per heavy atom. The van der Waals surface area contributed by atoms with Crippen molar-refractivity contribution >= 4 is 39.7 Å². The van der Waals surface area contributed by atoms with E-state index in [1.807, 2.05) is 0 Å². The van der Waals surface area contributed by atoms with Gasteiger partial charge in [0.2, 0.25) is 10.0 Å². The molecule has 2 rings (SSSR count). The van der Waals surface area contributed by atoms with Crippen LogP contribution in [0.15, 0.2) is 5.38 Å². The molecule has 1 unspecified atom stereocenters. The molecule has 0 spiro atoms. The van der Waals surface area contributed by atoms with Crippen molar-refractivity contribution in [2.24, 2.45) is 5.73 Å². The zero-order valence-electron chi connectivity index (χ0n) is 13.0. The second kappa shape index (κ2) is 8.93. The molecule has 1 saturated heterocycles. The van der Waals surface area contributed by atoms with Crippen LogP contribution >= 0.6 is 23.7 Å². The predicted octanol–water partition coefficient (Wildman–Crippen LogP) is 0.610. The molecule has 3 N–H and O–H groups in total. The number of hydrogen-bond acceptors (Lipinski definition) is 6. The van der Waals surface area contributed by atoms with Gasteiger partial charge < -0.3 is 10.6 Å². The molecule has 10 heteroatoms. The summed E-state index contributed by atoms with van der Waals surface area (Å²) >= 11 is 1.44. The second-order valence-electron chi connectivity index (χ2n) is 5.43. The summed E-state index contributed by atoms with van der Waals surface area (Å²) in [5.74, 6) is -0.125. The van der Waals surface area contributed by atoms with Gasteiger partial charge in [-0.25, -0.2) is 18.1 Å². The van der Waals surface area contributed by atoms with E-state index in [1.165, 1.54) is 11.3 Å². The van der Waals surface area contributed by atoms with Crippen LogP contribution in [0, 0.1) is 0 Å². The Morgan fingerprint density at radius 1 is 1.52 bits per heavy atom. The van der Waals surface area contributed by atoms with Gasteiger partial charge in [0.25, 0.3) is 5.91 Å². The fourth-order valence-electron chi connectivity index (χ4n) is 2.52. The van der Waals surface area contributed by atoms with Gasteiger partial charge in [0.1, 0.15) is 5.69 Å². The van der Waals surface area contributed by atoms with Crippen molar-refractivity contribution in [3.8, 4) is 0 Å². The first kappa shape index (κ1) is 20.3. The van der Waals surface area contributed by atoms with Crippen molar-refractivity contribution in [3.05, 3.63) is 16.1 Å². The number of likely N-dealkylation sites (tertiary alicyclic amines) is 1. The monoisotopic (exact) mass is 382 g/mol. The molecule has 1 aromatic rings. The molecular formula is C13H23ClN4O3S2. The molecule has 0 saturated carbocycles. The molecular weight excluding hydrogens is 360 g/mol. The summed E-state index contributed by atoms with van der Waals surface area (Å²) in [6.45, 7) is 1.40. The normalized spacial score (nSPS) is 18.5. The smallest absolute Gasteiger partial charge is 0.273 e. The summed E-state index contributed by atoms with van der Waals surface area (Å²) < 4.78 is 25.0. The van der Waals surface area contributed by atoms with Crippen molar-refractivity contribution in [3.63, 3.8) is 0 Å². The molecule has 0 aromatic carbocycles. The zero-order chi connectivity index (χ0) is 16.2. The summed E-state index contributed by atoms with van der Waals surface area (Å²) in [5.41, 5.74) is 5.93. The second-order valence-corrected chi connectivity index (χ2v) is 8.21. The third-order valence-electron chi connectivity index (χ3n) is 3.60. The molecule has 0 bridgehead atoms. The Morgan fingerprint density at radius 3 is 2.91 bits per heavy atom.